The fourth-order valence-electron chi connectivity index (χ4n) is 3.57. The number of rotatable bonds is 6. The number of benzene rings is 2. The van der Waals surface area contributed by atoms with Gasteiger partial charge in [0.25, 0.3) is 5.91 Å². The lowest BCUT2D eigenvalue weighted by Crippen LogP contribution is -2.33. The highest BCUT2D eigenvalue weighted by Gasteiger charge is 2.19. The van der Waals surface area contributed by atoms with Gasteiger partial charge >= 0.3 is 0 Å². The zero-order valence-electron chi connectivity index (χ0n) is 16.3. The molecule has 1 fully saturated rings. The quantitative estimate of drug-likeness (QED) is 0.651. The molecule has 1 aliphatic rings. The van der Waals surface area contributed by atoms with Crippen LogP contribution in [0.15, 0.2) is 60.7 Å². The van der Waals surface area contributed by atoms with Crippen LogP contribution in [0.25, 0.3) is 17.1 Å². The van der Waals surface area contributed by atoms with Crippen molar-refractivity contribution in [3.05, 3.63) is 66.5 Å². The number of amides is 1. The molecule has 2 aromatic carbocycles. The third kappa shape index (κ3) is 5.22. The highest BCUT2D eigenvalue weighted by molar-refractivity contribution is 5.91. The van der Waals surface area contributed by atoms with Gasteiger partial charge in [0.2, 0.25) is 5.82 Å². The molecule has 1 saturated heterocycles. The Hall–Kier alpha value is -2.70. The third-order valence-electron chi connectivity index (χ3n) is 5.08. The van der Waals surface area contributed by atoms with Crippen LogP contribution in [-0.2, 0) is 0 Å². The number of nitrogens with zero attached hydrogens (tertiary/aromatic N) is 3. The normalized spacial score (nSPS) is 16.1. The fraction of sp³-hybridized carbons (Fsp3) is 0.318. The summed E-state index contributed by atoms with van der Waals surface area (Å²) >= 11 is 0. The van der Waals surface area contributed by atoms with E-state index in [4.69, 9.17) is 0 Å². The maximum absolute atomic E-state index is 12.6. The summed E-state index contributed by atoms with van der Waals surface area (Å²) < 4.78 is 1.73. The number of para-hydroxylation sites is 1. The smallest absolute Gasteiger partial charge is 0.290 e. The highest BCUT2D eigenvalue weighted by Crippen LogP contribution is 2.21. The molecule has 7 heteroatoms. The largest absolute Gasteiger partial charge is 0.349 e. The van der Waals surface area contributed by atoms with E-state index in [1.165, 1.54) is 12.8 Å². The van der Waals surface area contributed by atoms with Crippen molar-refractivity contribution in [3.8, 4) is 17.1 Å². The molecule has 3 aromatic rings. The van der Waals surface area contributed by atoms with Crippen LogP contribution >= 0.6 is 12.4 Å². The van der Waals surface area contributed by atoms with Crippen LogP contribution in [0.4, 0.5) is 0 Å². The second kappa shape index (κ2) is 10.2. The summed E-state index contributed by atoms with van der Waals surface area (Å²) in [6.07, 6.45) is 3.41. The maximum Gasteiger partial charge on any atom is 0.290 e. The monoisotopic (exact) mass is 411 g/mol. The van der Waals surface area contributed by atoms with Crippen molar-refractivity contribution in [1.82, 2.24) is 25.4 Å². The van der Waals surface area contributed by atoms with E-state index in [9.17, 15) is 4.79 Å². The van der Waals surface area contributed by atoms with Gasteiger partial charge in [-0.15, -0.1) is 17.5 Å². The molecule has 1 aromatic heterocycles. The third-order valence-corrected chi connectivity index (χ3v) is 5.08. The summed E-state index contributed by atoms with van der Waals surface area (Å²) in [5.41, 5.74) is 1.80. The van der Waals surface area contributed by atoms with E-state index in [0.29, 0.717) is 18.3 Å². The highest BCUT2D eigenvalue weighted by atomic mass is 35.5. The van der Waals surface area contributed by atoms with E-state index >= 15 is 0 Å². The lowest BCUT2D eigenvalue weighted by molar-refractivity contribution is 0.0940. The minimum Gasteiger partial charge on any atom is -0.349 e. The molecule has 1 amide bonds. The number of hydrogen-bond donors (Lipinski definition) is 2. The molecule has 0 radical (unpaired) electrons. The predicted molar refractivity (Wildman–Crippen MR) is 117 cm³/mol. The summed E-state index contributed by atoms with van der Waals surface area (Å²) in [6.45, 7) is 2.78. The summed E-state index contributed by atoms with van der Waals surface area (Å²) in [6, 6.07) is 19.6. The Bertz CT molecular complexity index is 850. The summed E-state index contributed by atoms with van der Waals surface area (Å²) in [4.78, 5) is 17.2. The van der Waals surface area contributed by atoms with Gasteiger partial charge in [-0.1, -0.05) is 48.5 Å². The molecule has 29 heavy (non-hydrogen) atoms. The lowest BCUT2D eigenvalue weighted by Gasteiger charge is -2.22. The number of halogens is 1. The topological polar surface area (TPSA) is 71.8 Å². The first kappa shape index (κ1) is 21.0. The van der Waals surface area contributed by atoms with Gasteiger partial charge in [-0.05, 0) is 50.4 Å². The van der Waals surface area contributed by atoms with Gasteiger partial charge < -0.3 is 10.6 Å². The molecule has 2 heterocycles. The SMILES string of the molecule is Cl.O=C(NCCC1CCCNC1)c1nc(-c2ccccc2)n(-c2ccccc2)n1. The molecule has 0 spiro atoms. The van der Waals surface area contributed by atoms with E-state index in [0.717, 1.165) is 30.8 Å². The number of carbonyl (C=O) groups is 1. The molecule has 0 bridgehead atoms. The minimum atomic E-state index is -0.226. The molecule has 6 nitrogen and oxygen atoms in total. The van der Waals surface area contributed by atoms with Gasteiger partial charge in [-0.2, -0.15) is 0 Å². The van der Waals surface area contributed by atoms with E-state index in [1.807, 2.05) is 60.7 Å². The van der Waals surface area contributed by atoms with Crippen LogP contribution in [0.3, 0.4) is 0 Å². The van der Waals surface area contributed by atoms with Gasteiger partial charge in [-0.25, -0.2) is 9.67 Å². The van der Waals surface area contributed by atoms with Crippen LogP contribution in [0.1, 0.15) is 29.9 Å². The van der Waals surface area contributed by atoms with Crippen molar-refractivity contribution >= 4 is 18.3 Å². The average Bonchev–Trinajstić information content (AvgIpc) is 3.21. The number of aromatic nitrogens is 3. The first-order valence-electron chi connectivity index (χ1n) is 9.88. The van der Waals surface area contributed by atoms with Crippen LogP contribution in [-0.4, -0.2) is 40.3 Å². The van der Waals surface area contributed by atoms with Gasteiger partial charge in [0, 0.05) is 12.1 Å². The Labute approximate surface area is 177 Å². The fourth-order valence-corrected chi connectivity index (χ4v) is 3.57. The molecule has 0 saturated carbocycles. The molecular weight excluding hydrogens is 386 g/mol. The van der Waals surface area contributed by atoms with Crippen LogP contribution in [0.2, 0.25) is 0 Å². The first-order chi connectivity index (χ1) is 13.8. The summed E-state index contributed by atoms with van der Waals surface area (Å²) in [5.74, 6) is 1.26. The maximum atomic E-state index is 12.6. The van der Waals surface area contributed by atoms with Crippen LogP contribution in [0, 0.1) is 5.92 Å². The minimum absolute atomic E-state index is 0. The average molecular weight is 412 g/mol. The van der Waals surface area contributed by atoms with Crippen molar-refractivity contribution in [2.24, 2.45) is 5.92 Å². The standard InChI is InChI=1S/C22H25N5O.ClH/c28-22(24-15-13-17-8-7-14-23-16-17)20-25-21(18-9-3-1-4-10-18)27(26-20)19-11-5-2-6-12-19;/h1-6,9-12,17,23H,7-8,13-16H2,(H,24,28);1H. The predicted octanol–water partition coefficient (Wildman–Crippen LogP) is 3.48. The zero-order valence-corrected chi connectivity index (χ0v) is 17.1. The molecular formula is C22H26ClN5O. The molecule has 1 atom stereocenters. The van der Waals surface area contributed by atoms with Crippen molar-refractivity contribution in [1.29, 1.82) is 0 Å². The van der Waals surface area contributed by atoms with E-state index in [2.05, 4.69) is 20.7 Å². The van der Waals surface area contributed by atoms with Gasteiger partial charge in [0.1, 0.15) is 0 Å². The second-order valence-electron chi connectivity index (χ2n) is 7.13. The molecule has 4 rings (SSSR count). The van der Waals surface area contributed by atoms with E-state index < -0.39 is 0 Å². The van der Waals surface area contributed by atoms with Crippen molar-refractivity contribution in [2.45, 2.75) is 19.3 Å². The number of piperidine rings is 1. The van der Waals surface area contributed by atoms with Gasteiger partial charge in [0.05, 0.1) is 5.69 Å². The summed E-state index contributed by atoms with van der Waals surface area (Å²) in [5, 5.41) is 10.9. The Morgan fingerprint density at radius 3 is 2.52 bits per heavy atom. The first-order valence-corrected chi connectivity index (χ1v) is 9.88. The lowest BCUT2D eigenvalue weighted by atomic mass is 9.96. The Kier molecular flexibility index (Phi) is 7.38. The van der Waals surface area contributed by atoms with Crippen LogP contribution < -0.4 is 10.6 Å². The van der Waals surface area contributed by atoms with Gasteiger partial charge in [-0.3, -0.25) is 4.79 Å². The molecule has 0 aliphatic carbocycles. The van der Waals surface area contributed by atoms with Crippen molar-refractivity contribution < 1.29 is 4.79 Å². The molecule has 1 aliphatic heterocycles. The second-order valence-corrected chi connectivity index (χ2v) is 7.13. The van der Waals surface area contributed by atoms with Crippen molar-refractivity contribution in [3.63, 3.8) is 0 Å². The Morgan fingerprint density at radius 2 is 1.83 bits per heavy atom. The molecule has 2 N–H and O–H groups in total. The molecule has 1 unspecified atom stereocenters. The van der Waals surface area contributed by atoms with Gasteiger partial charge in [0.15, 0.2) is 5.82 Å². The zero-order chi connectivity index (χ0) is 19.2. The van der Waals surface area contributed by atoms with Crippen molar-refractivity contribution in [2.75, 3.05) is 19.6 Å². The number of nitrogens with one attached hydrogen (secondary N) is 2. The summed E-state index contributed by atoms with van der Waals surface area (Å²) in [7, 11) is 0. The van der Waals surface area contributed by atoms with Crippen LogP contribution in [0.5, 0.6) is 0 Å². The Balaban J connectivity index is 0.00000240. The Morgan fingerprint density at radius 1 is 1.10 bits per heavy atom. The van der Waals surface area contributed by atoms with E-state index in [1.54, 1.807) is 4.68 Å². The number of carbonyl (C=O) groups excluding carboxylic acids is 1. The van der Waals surface area contributed by atoms with E-state index in [-0.39, 0.29) is 24.1 Å². The molecule has 152 valence electrons. The number of hydrogen-bond acceptors (Lipinski definition) is 4.